The van der Waals surface area contributed by atoms with Crippen LogP contribution >= 0.6 is 0 Å². The largest absolute Gasteiger partial charge is 0.328 e. The molecule has 1 aliphatic heterocycles. The molecule has 2 atom stereocenters. The number of amides is 4. The zero-order chi connectivity index (χ0) is 13.6. The highest BCUT2D eigenvalue weighted by molar-refractivity contribution is 6.21. The summed E-state index contributed by atoms with van der Waals surface area (Å²) < 4.78 is 0. The summed E-state index contributed by atoms with van der Waals surface area (Å²) in [4.78, 5) is 35.8. The van der Waals surface area contributed by atoms with Crippen LogP contribution in [0.2, 0.25) is 0 Å². The monoisotopic (exact) mass is 262 g/mol. The summed E-state index contributed by atoms with van der Waals surface area (Å²) in [7, 11) is 0. The van der Waals surface area contributed by atoms with E-state index in [1.807, 2.05) is 6.92 Å². The first kappa shape index (κ1) is 12.4. The quantitative estimate of drug-likeness (QED) is 0.585. The van der Waals surface area contributed by atoms with E-state index in [1.54, 1.807) is 0 Å². The van der Waals surface area contributed by atoms with Gasteiger partial charge in [0.1, 0.15) is 5.41 Å². The number of allylic oxidation sites excluding steroid dienone is 1. The lowest BCUT2D eigenvalue weighted by Crippen LogP contribution is -2.63. The zero-order valence-electron chi connectivity index (χ0n) is 11.0. The maximum atomic E-state index is 12.3. The zero-order valence-corrected chi connectivity index (χ0v) is 11.0. The van der Waals surface area contributed by atoms with E-state index < -0.39 is 23.3 Å². The van der Waals surface area contributed by atoms with E-state index in [-0.39, 0.29) is 0 Å². The molecule has 102 valence electrons. The molecule has 1 saturated heterocycles. The highest BCUT2D eigenvalue weighted by atomic mass is 16.2. The first-order valence-corrected chi connectivity index (χ1v) is 6.94. The molecule has 0 aromatic heterocycles. The Morgan fingerprint density at radius 1 is 1.21 bits per heavy atom. The molecular formula is C14H18N2O3. The average Bonchev–Trinajstić information content (AvgIpc) is 2.68. The standard InChI is InChI=1S/C14H18N2O3/c1-2-14(11(17)15-13(19)16-12(14)18)10-6-8-3-4-9(5-8)7-10/h6,8-9H,2-5,7H2,1H3,(H2,15,16,17,18,19)/t8-,9+/m1/s1. The minimum atomic E-state index is -1.17. The Morgan fingerprint density at radius 2 is 1.89 bits per heavy atom. The fourth-order valence-corrected chi connectivity index (χ4v) is 3.82. The van der Waals surface area contributed by atoms with Gasteiger partial charge in [-0.1, -0.05) is 13.0 Å². The second-order valence-electron chi connectivity index (χ2n) is 5.83. The van der Waals surface area contributed by atoms with Crippen LogP contribution in [0.3, 0.4) is 0 Å². The summed E-state index contributed by atoms with van der Waals surface area (Å²) in [5.41, 5.74) is -0.258. The molecule has 0 aromatic rings. The van der Waals surface area contributed by atoms with Crippen molar-refractivity contribution in [1.82, 2.24) is 10.6 Å². The molecule has 1 saturated carbocycles. The van der Waals surface area contributed by atoms with Crippen LogP contribution in [-0.4, -0.2) is 17.8 Å². The number of carbonyl (C=O) groups is 3. The molecule has 5 nitrogen and oxygen atoms in total. The summed E-state index contributed by atoms with van der Waals surface area (Å²) in [6.45, 7) is 1.83. The summed E-state index contributed by atoms with van der Waals surface area (Å²) in [5.74, 6) is 0.162. The van der Waals surface area contributed by atoms with Crippen molar-refractivity contribution in [2.24, 2.45) is 17.3 Å². The van der Waals surface area contributed by atoms with E-state index in [0.29, 0.717) is 18.3 Å². The van der Waals surface area contributed by atoms with Crippen molar-refractivity contribution in [1.29, 1.82) is 0 Å². The molecule has 1 heterocycles. The lowest BCUT2D eigenvalue weighted by atomic mass is 9.69. The molecule has 2 aliphatic carbocycles. The molecule has 0 radical (unpaired) electrons. The van der Waals surface area contributed by atoms with Crippen LogP contribution in [0.1, 0.15) is 39.0 Å². The molecule has 2 bridgehead atoms. The second kappa shape index (κ2) is 4.18. The van der Waals surface area contributed by atoms with E-state index >= 15 is 0 Å². The van der Waals surface area contributed by atoms with Gasteiger partial charge < -0.3 is 0 Å². The molecule has 2 N–H and O–H groups in total. The van der Waals surface area contributed by atoms with Crippen molar-refractivity contribution < 1.29 is 14.4 Å². The van der Waals surface area contributed by atoms with Crippen molar-refractivity contribution in [3.05, 3.63) is 11.6 Å². The Bertz CT molecular complexity index is 475. The van der Waals surface area contributed by atoms with Crippen LogP contribution in [-0.2, 0) is 9.59 Å². The van der Waals surface area contributed by atoms with E-state index in [2.05, 4.69) is 16.7 Å². The maximum absolute atomic E-state index is 12.3. The molecule has 2 fully saturated rings. The lowest BCUT2D eigenvalue weighted by molar-refractivity contribution is -0.142. The SMILES string of the molecule is CCC1(C2=C[C@@H]3CC[C@H](C2)C3)C(=O)NC(=O)NC1=O. The van der Waals surface area contributed by atoms with E-state index in [0.717, 1.165) is 18.4 Å². The summed E-state index contributed by atoms with van der Waals surface area (Å²) >= 11 is 0. The number of nitrogens with one attached hydrogen (secondary N) is 2. The Labute approximate surface area is 111 Å². The Kier molecular flexibility index (Phi) is 2.73. The number of rotatable bonds is 2. The van der Waals surface area contributed by atoms with Crippen LogP contribution < -0.4 is 10.6 Å². The Morgan fingerprint density at radius 3 is 2.47 bits per heavy atom. The summed E-state index contributed by atoms with van der Waals surface area (Å²) in [6, 6.07) is -0.710. The van der Waals surface area contributed by atoms with E-state index in [9.17, 15) is 14.4 Å². The third-order valence-corrected chi connectivity index (χ3v) is 4.84. The third-order valence-electron chi connectivity index (χ3n) is 4.84. The number of barbiturate groups is 1. The van der Waals surface area contributed by atoms with E-state index in [1.165, 1.54) is 12.8 Å². The Hall–Kier alpha value is -1.65. The lowest BCUT2D eigenvalue weighted by Gasteiger charge is -2.37. The van der Waals surface area contributed by atoms with Gasteiger partial charge in [0.25, 0.3) is 0 Å². The Balaban J connectivity index is 2.01. The van der Waals surface area contributed by atoms with Gasteiger partial charge in [0, 0.05) is 0 Å². The molecular weight excluding hydrogens is 244 g/mol. The predicted molar refractivity (Wildman–Crippen MR) is 67.9 cm³/mol. The van der Waals surface area contributed by atoms with Gasteiger partial charge in [-0.15, -0.1) is 0 Å². The van der Waals surface area contributed by atoms with Gasteiger partial charge >= 0.3 is 6.03 Å². The predicted octanol–water partition coefficient (Wildman–Crippen LogP) is 1.50. The van der Waals surface area contributed by atoms with Crippen molar-refractivity contribution in [3.63, 3.8) is 0 Å². The fraction of sp³-hybridized carbons (Fsp3) is 0.643. The van der Waals surface area contributed by atoms with E-state index in [4.69, 9.17) is 0 Å². The number of urea groups is 1. The van der Waals surface area contributed by atoms with Gasteiger partial charge in [-0.05, 0) is 49.5 Å². The molecule has 4 amide bonds. The molecule has 0 spiro atoms. The van der Waals surface area contributed by atoms with Gasteiger partial charge in [0.05, 0.1) is 0 Å². The van der Waals surface area contributed by atoms with Crippen molar-refractivity contribution in [3.8, 4) is 0 Å². The highest BCUT2D eigenvalue weighted by Gasteiger charge is 2.53. The van der Waals surface area contributed by atoms with Gasteiger partial charge in [0.2, 0.25) is 11.8 Å². The summed E-state index contributed by atoms with van der Waals surface area (Å²) in [5, 5.41) is 4.50. The van der Waals surface area contributed by atoms with Gasteiger partial charge in [-0.2, -0.15) is 0 Å². The van der Waals surface area contributed by atoms with Gasteiger partial charge in [-0.3, -0.25) is 20.2 Å². The molecule has 3 rings (SSSR count). The minimum absolute atomic E-state index is 0.392. The molecule has 5 heteroatoms. The molecule has 19 heavy (non-hydrogen) atoms. The van der Waals surface area contributed by atoms with Gasteiger partial charge in [0.15, 0.2) is 0 Å². The second-order valence-corrected chi connectivity index (χ2v) is 5.83. The van der Waals surface area contributed by atoms with Crippen molar-refractivity contribution in [2.45, 2.75) is 39.0 Å². The number of imide groups is 2. The normalized spacial score (nSPS) is 32.7. The highest BCUT2D eigenvalue weighted by Crippen LogP contribution is 2.48. The first-order valence-electron chi connectivity index (χ1n) is 6.94. The smallest absolute Gasteiger partial charge is 0.277 e. The number of hydrogen-bond donors (Lipinski definition) is 2. The van der Waals surface area contributed by atoms with Crippen LogP contribution in [0.25, 0.3) is 0 Å². The topological polar surface area (TPSA) is 75.3 Å². The average molecular weight is 262 g/mol. The fourth-order valence-electron chi connectivity index (χ4n) is 3.82. The molecule has 0 aromatic carbocycles. The number of carbonyl (C=O) groups excluding carboxylic acids is 3. The maximum Gasteiger partial charge on any atom is 0.328 e. The third kappa shape index (κ3) is 1.71. The van der Waals surface area contributed by atoms with Crippen LogP contribution in [0.4, 0.5) is 4.79 Å². The van der Waals surface area contributed by atoms with Crippen molar-refractivity contribution in [2.75, 3.05) is 0 Å². The molecule has 3 aliphatic rings. The van der Waals surface area contributed by atoms with Crippen molar-refractivity contribution >= 4 is 17.8 Å². The number of fused-ring (bicyclic) bond motifs is 2. The van der Waals surface area contributed by atoms with Crippen LogP contribution in [0.15, 0.2) is 11.6 Å². The minimum Gasteiger partial charge on any atom is -0.277 e. The van der Waals surface area contributed by atoms with Gasteiger partial charge in [-0.25, -0.2) is 4.79 Å². The number of hydrogen-bond acceptors (Lipinski definition) is 3. The summed E-state index contributed by atoms with van der Waals surface area (Å²) in [6.07, 6.45) is 6.80. The molecule has 0 unspecified atom stereocenters. The first-order chi connectivity index (χ1) is 9.06. The van der Waals surface area contributed by atoms with Crippen LogP contribution in [0, 0.1) is 17.3 Å². The van der Waals surface area contributed by atoms with Crippen LogP contribution in [0.5, 0.6) is 0 Å².